The molecule has 12 nitrogen and oxygen atoms in total. The van der Waals surface area contributed by atoms with Crippen molar-refractivity contribution in [2.24, 2.45) is 5.41 Å². The maximum absolute atomic E-state index is 13.2. The van der Waals surface area contributed by atoms with E-state index in [1.165, 1.54) is 32.1 Å². The third kappa shape index (κ3) is 6.32. The van der Waals surface area contributed by atoms with E-state index >= 15 is 0 Å². The Labute approximate surface area is 282 Å². The van der Waals surface area contributed by atoms with Gasteiger partial charge in [0.2, 0.25) is 0 Å². The number of aromatic nitrogens is 4. The third-order valence-corrected chi connectivity index (χ3v) is 12.1. The van der Waals surface area contributed by atoms with Gasteiger partial charge in [-0.2, -0.15) is 5.10 Å². The summed E-state index contributed by atoms with van der Waals surface area (Å²) in [5.74, 6) is 0.704. The van der Waals surface area contributed by atoms with E-state index in [0.717, 1.165) is 29.9 Å². The van der Waals surface area contributed by atoms with Crippen LogP contribution in [0.25, 0.3) is 11.0 Å². The summed E-state index contributed by atoms with van der Waals surface area (Å²) in [5.41, 5.74) is 1.66. The summed E-state index contributed by atoms with van der Waals surface area (Å²) in [4.78, 5) is 12.0. The quantitative estimate of drug-likeness (QED) is 0.128. The minimum Gasteiger partial charge on any atom is -0.487 e. The van der Waals surface area contributed by atoms with Crippen LogP contribution in [-0.2, 0) is 29.2 Å². The molecule has 2 saturated carbocycles. The largest absolute Gasteiger partial charge is 0.487 e. The Morgan fingerprint density at radius 2 is 1.85 bits per heavy atom. The zero-order valence-electron chi connectivity index (χ0n) is 28.7. The highest BCUT2D eigenvalue weighted by Gasteiger charge is 2.69. The lowest BCUT2D eigenvalue weighted by Crippen LogP contribution is -2.57. The minimum atomic E-state index is -3.28. The fourth-order valence-electron chi connectivity index (χ4n) is 7.80. The van der Waals surface area contributed by atoms with Crippen molar-refractivity contribution in [1.82, 2.24) is 19.7 Å². The van der Waals surface area contributed by atoms with Crippen LogP contribution < -0.4 is 9.64 Å². The molecule has 7 rings (SSSR count). The first-order valence-corrected chi connectivity index (χ1v) is 19.0. The molecule has 1 N–H and O–H groups in total. The van der Waals surface area contributed by atoms with E-state index < -0.39 is 31.3 Å². The van der Waals surface area contributed by atoms with Crippen molar-refractivity contribution in [3.8, 4) is 5.75 Å². The van der Waals surface area contributed by atoms with E-state index in [4.69, 9.17) is 38.3 Å². The van der Waals surface area contributed by atoms with Gasteiger partial charge in [0.1, 0.15) is 35.2 Å². The van der Waals surface area contributed by atoms with Crippen molar-refractivity contribution in [3.63, 3.8) is 0 Å². The Hall–Kier alpha value is -2.86. The summed E-state index contributed by atoms with van der Waals surface area (Å²) >= 11 is 0. The van der Waals surface area contributed by atoms with Gasteiger partial charge in [-0.15, -0.1) is 0 Å². The Morgan fingerprint density at radius 3 is 2.54 bits per heavy atom. The highest BCUT2D eigenvalue weighted by atomic mass is 31.2. The van der Waals surface area contributed by atoms with Crippen molar-refractivity contribution in [1.29, 1.82) is 0 Å². The Kier molecular flexibility index (Phi) is 8.74. The van der Waals surface area contributed by atoms with Crippen LogP contribution in [-0.4, -0.2) is 74.8 Å². The van der Waals surface area contributed by atoms with Gasteiger partial charge in [0.15, 0.2) is 17.7 Å². The Morgan fingerprint density at radius 1 is 1.12 bits per heavy atom. The van der Waals surface area contributed by atoms with Crippen LogP contribution in [0.3, 0.4) is 0 Å². The van der Waals surface area contributed by atoms with Gasteiger partial charge < -0.3 is 33.3 Å². The Balaban J connectivity index is 1.14. The van der Waals surface area contributed by atoms with E-state index in [0.29, 0.717) is 47.8 Å². The second-order valence-electron chi connectivity index (χ2n) is 14.3. The molecular formula is C35H48N5O7P. The standard InChI is InChI=1S/C35H48N5O7P/c1-7-43-48(42,44-8-2)20-25-13-12-14-26(17-25)45-28-18-35(28)23(3)29(46-33(5,6)41)32(47-35)40-31-27(19-36-40)30(37-24(4)38-31)39-21-34(22-39)15-10-9-11-16-34/h12-14,17,19,28-29,32,41H,3,7-11,15-16,18,20-22H2,1-2,4-6H3/t28-,29+,32+,35?/m0/s1. The van der Waals surface area contributed by atoms with Gasteiger partial charge in [-0.3, -0.25) is 4.57 Å². The van der Waals surface area contributed by atoms with Gasteiger partial charge in [0.25, 0.3) is 0 Å². The van der Waals surface area contributed by atoms with E-state index in [-0.39, 0.29) is 12.3 Å². The van der Waals surface area contributed by atoms with Crippen molar-refractivity contribution in [2.45, 2.75) is 109 Å². The number of ether oxygens (including phenoxy) is 3. The molecule has 2 saturated heterocycles. The van der Waals surface area contributed by atoms with Crippen LogP contribution >= 0.6 is 7.60 Å². The monoisotopic (exact) mass is 681 g/mol. The van der Waals surface area contributed by atoms with Crippen LogP contribution in [0.5, 0.6) is 5.75 Å². The van der Waals surface area contributed by atoms with Crippen LogP contribution in [0, 0.1) is 12.3 Å². The van der Waals surface area contributed by atoms with Crippen molar-refractivity contribution < 1.29 is 32.9 Å². The number of aliphatic hydroxyl groups is 1. The number of fused-ring (bicyclic) bond motifs is 1. The topological polar surface area (TPSA) is 130 Å². The predicted molar refractivity (Wildman–Crippen MR) is 181 cm³/mol. The van der Waals surface area contributed by atoms with E-state index in [1.54, 1.807) is 32.4 Å². The highest BCUT2D eigenvalue weighted by Crippen LogP contribution is 2.59. The molecule has 1 unspecified atom stereocenters. The predicted octanol–water partition coefficient (Wildman–Crippen LogP) is 6.46. The molecule has 4 aliphatic rings. The number of rotatable bonds is 12. The summed E-state index contributed by atoms with van der Waals surface area (Å²) in [7, 11) is -3.28. The number of hydrogen-bond acceptors (Lipinski definition) is 11. The van der Waals surface area contributed by atoms with Gasteiger partial charge in [-0.1, -0.05) is 38.0 Å². The van der Waals surface area contributed by atoms with Crippen molar-refractivity contribution in [2.75, 3.05) is 31.2 Å². The fourth-order valence-corrected chi connectivity index (χ4v) is 9.49. The highest BCUT2D eigenvalue weighted by molar-refractivity contribution is 7.53. The second-order valence-corrected chi connectivity index (χ2v) is 16.4. The third-order valence-electron chi connectivity index (χ3n) is 10.00. The molecule has 48 heavy (non-hydrogen) atoms. The lowest BCUT2D eigenvalue weighted by molar-refractivity contribution is -0.218. The Bertz CT molecular complexity index is 1720. The van der Waals surface area contributed by atoms with Gasteiger partial charge in [-0.25, -0.2) is 14.6 Å². The summed E-state index contributed by atoms with van der Waals surface area (Å²) in [6.07, 6.45) is 7.17. The maximum Gasteiger partial charge on any atom is 0.335 e. The maximum atomic E-state index is 13.2. The fraction of sp³-hybridized carbons (Fsp3) is 0.629. The van der Waals surface area contributed by atoms with Crippen molar-refractivity contribution in [3.05, 3.63) is 54.0 Å². The van der Waals surface area contributed by atoms with E-state index in [2.05, 4.69) is 11.5 Å². The molecule has 0 radical (unpaired) electrons. The number of aryl methyl sites for hydroxylation is 1. The molecule has 4 heterocycles. The minimum absolute atomic E-state index is 0.141. The van der Waals surface area contributed by atoms with Crippen LogP contribution in [0.15, 0.2) is 42.6 Å². The molecule has 260 valence electrons. The molecule has 4 atom stereocenters. The number of hydrogen-bond donors (Lipinski definition) is 1. The first-order valence-electron chi connectivity index (χ1n) is 17.2. The molecule has 2 aliphatic heterocycles. The smallest absolute Gasteiger partial charge is 0.335 e. The summed E-state index contributed by atoms with van der Waals surface area (Å²) in [6, 6.07) is 7.45. The lowest BCUT2D eigenvalue weighted by atomic mass is 9.68. The molecular weight excluding hydrogens is 633 g/mol. The summed E-state index contributed by atoms with van der Waals surface area (Å²) in [5, 5.41) is 16.4. The van der Waals surface area contributed by atoms with Gasteiger partial charge in [0.05, 0.1) is 31.0 Å². The number of nitrogens with zero attached hydrogens (tertiary/aromatic N) is 5. The number of anilines is 1. The molecule has 2 aromatic heterocycles. The molecule has 1 aromatic carbocycles. The SMILES string of the molecule is C=C1[C@@H](OC(C)(C)O)[C@H](n2ncc3c(N4CC5(CCCCC5)C4)nc(C)nc32)OC12C[C@@H]2Oc1cccc(CP(=O)(OCC)OCC)c1. The molecule has 2 spiro atoms. The first kappa shape index (κ1) is 33.6. The van der Waals surface area contributed by atoms with Gasteiger partial charge in [-0.05, 0) is 70.7 Å². The average Bonchev–Trinajstić information content (AvgIpc) is 3.41. The molecule has 4 fully saturated rings. The van der Waals surface area contributed by atoms with Crippen LogP contribution in [0.4, 0.5) is 5.82 Å². The summed E-state index contributed by atoms with van der Waals surface area (Å²) < 4.78 is 45.4. The average molecular weight is 682 g/mol. The normalized spacial score (nSPS) is 26.8. The molecule has 2 aliphatic carbocycles. The first-order chi connectivity index (χ1) is 22.9. The number of benzene rings is 1. The molecule has 0 amide bonds. The van der Waals surface area contributed by atoms with E-state index in [9.17, 15) is 9.67 Å². The molecule has 3 aromatic rings. The van der Waals surface area contributed by atoms with Gasteiger partial charge >= 0.3 is 7.60 Å². The zero-order valence-corrected chi connectivity index (χ0v) is 29.6. The second kappa shape index (κ2) is 12.5. The van der Waals surface area contributed by atoms with E-state index in [1.807, 2.05) is 37.4 Å². The van der Waals surface area contributed by atoms with Gasteiger partial charge in [0, 0.05) is 24.9 Å². The van der Waals surface area contributed by atoms with Crippen LogP contribution in [0.2, 0.25) is 0 Å². The van der Waals surface area contributed by atoms with Crippen LogP contribution in [0.1, 0.15) is 83.8 Å². The lowest BCUT2D eigenvalue weighted by Gasteiger charge is -2.53. The zero-order chi connectivity index (χ0) is 33.9. The summed E-state index contributed by atoms with van der Waals surface area (Å²) in [6.45, 7) is 15.7. The van der Waals surface area contributed by atoms with Crippen molar-refractivity contribution >= 4 is 24.4 Å². The molecule has 13 heteroatoms. The molecule has 0 bridgehead atoms.